The van der Waals surface area contributed by atoms with Crippen LogP contribution in [0.5, 0.6) is 5.75 Å². The van der Waals surface area contributed by atoms with E-state index in [9.17, 15) is 9.59 Å². The van der Waals surface area contributed by atoms with Crippen LogP contribution in [0.3, 0.4) is 0 Å². The fraction of sp³-hybridized carbons (Fsp3) is 0.321. The van der Waals surface area contributed by atoms with E-state index in [4.69, 9.17) is 14.5 Å². The summed E-state index contributed by atoms with van der Waals surface area (Å²) in [5.41, 5.74) is 3.61. The van der Waals surface area contributed by atoms with Gasteiger partial charge >= 0.3 is 5.97 Å². The van der Waals surface area contributed by atoms with E-state index in [1.807, 2.05) is 74.5 Å². The van der Waals surface area contributed by atoms with Crippen LogP contribution in [0.4, 0.5) is 5.69 Å². The van der Waals surface area contributed by atoms with Crippen LogP contribution in [0.2, 0.25) is 0 Å². The van der Waals surface area contributed by atoms with Gasteiger partial charge in [0.1, 0.15) is 5.75 Å². The van der Waals surface area contributed by atoms with E-state index >= 15 is 0 Å². The van der Waals surface area contributed by atoms with Crippen molar-refractivity contribution in [1.29, 1.82) is 0 Å². The Labute approximate surface area is 228 Å². The minimum absolute atomic E-state index is 0.199. The summed E-state index contributed by atoms with van der Waals surface area (Å²) in [6.07, 6.45) is 3.27. The molecule has 194 valence electrons. The number of thiazole rings is 1. The minimum atomic E-state index is -0.669. The van der Waals surface area contributed by atoms with Gasteiger partial charge in [0.15, 0.2) is 4.80 Å². The van der Waals surface area contributed by atoms with Crippen LogP contribution in [-0.2, 0) is 9.53 Å². The molecule has 0 saturated carbocycles. The Morgan fingerprint density at radius 1 is 1.19 bits per heavy atom. The molecule has 1 unspecified atom stereocenters. The summed E-state index contributed by atoms with van der Waals surface area (Å²) in [6.45, 7) is 4.04. The highest BCUT2D eigenvalue weighted by Gasteiger charge is 2.34. The smallest absolute Gasteiger partial charge is 0.338 e. The number of aromatic nitrogens is 1. The number of ether oxygens (including phenoxy) is 2. The number of esters is 1. The second kappa shape index (κ2) is 11.5. The molecule has 37 heavy (non-hydrogen) atoms. The molecule has 0 saturated heterocycles. The van der Waals surface area contributed by atoms with Gasteiger partial charge in [0.05, 0.1) is 40.0 Å². The topological polar surface area (TPSA) is 73.1 Å². The Morgan fingerprint density at radius 3 is 2.51 bits per heavy atom. The third-order valence-corrected chi connectivity index (χ3v) is 7.69. The van der Waals surface area contributed by atoms with Crippen molar-refractivity contribution in [3.8, 4) is 5.75 Å². The van der Waals surface area contributed by atoms with E-state index in [0.717, 1.165) is 27.7 Å². The molecule has 0 N–H and O–H groups in total. The normalized spacial score (nSPS) is 15.3. The zero-order chi connectivity index (χ0) is 26.7. The van der Waals surface area contributed by atoms with Crippen LogP contribution in [-0.4, -0.2) is 38.3 Å². The molecule has 0 spiro atoms. The summed E-state index contributed by atoms with van der Waals surface area (Å²) in [5, 5.41) is 0. The average molecular weight is 585 g/mol. The van der Waals surface area contributed by atoms with Crippen molar-refractivity contribution in [1.82, 2.24) is 4.57 Å². The second-order valence-electron chi connectivity index (χ2n) is 8.79. The number of carbonyl (C=O) groups excluding carboxylic acids is 1. The lowest BCUT2D eigenvalue weighted by molar-refractivity contribution is -0.139. The van der Waals surface area contributed by atoms with Gasteiger partial charge < -0.3 is 14.4 Å². The van der Waals surface area contributed by atoms with E-state index in [2.05, 4.69) is 15.9 Å². The lowest BCUT2D eigenvalue weighted by atomic mass is 9.94. The zero-order valence-corrected chi connectivity index (χ0v) is 24.0. The van der Waals surface area contributed by atoms with Crippen LogP contribution in [0.25, 0.3) is 6.08 Å². The highest BCUT2D eigenvalue weighted by atomic mass is 79.9. The lowest BCUT2D eigenvalue weighted by Crippen LogP contribution is -2.40. The van der Waals surface area contributed by atoms with Gasteiger partial charge in [-0.1, -0.05) is 42.9 Å². The van der Waals surface area contributed by atoms with Crippen molar-refractivity contribution >= 4 is 45.0 Å². The zero-order valence-electron chi connectivity index (χ0n) is 21.6. The molecule has 3 aromatic rings. The fourth-order valence-corrected chi connectivity index (χ4v) is 5.89. The number of fused-ring (bicyclic) bond motifs is 1. The number of hydrogen-bond acceptors (Lipinski definition) is 7. The predicted molar refractivity (Wildman–Crippen MR) is 151 cm³/mol. The molecule has 0 aliphatic carbocycles. The molecule has 0 fully saturated rings. The molecule has 1 atom stereocenters. The molecule has 0 bridgehead atoms. The van der Waals surface area contributed by atoms with Crippen molar-refractivity contribution in [2.45, 2.75) is 32.7 Å². The first-order valence-corrected chi connectivity index (χ1v) is 13.7. The Morgan fingerprint density at radius 2 is 1.92 bits per heavy atom. The SMILES string of the molecule is CCCC1=C(C(=O)OCC)C(c2ccc(OC)c(Br)c2)n2c(s/c(=C\c3ccc(N(C)C)cc3)c2=O)=N1. The van der Waals surface area contributed by atoms with Crippen LogP contribution < -0.4 is 24.5 Å². The molecule has 7 nitrogen and oxygen atoms in total. The van der Waals surface area contributed by atoms with Crippen molar-refractivity contribution in [3.05, 3.63) is 89.0 Å². The second-order valence-corrected chi connectivity index (χ2v) is 10.7. The Balaban J connectivity index is 1.96. The molecule has 9 heteroatoms. The fourth-order valence-electron chi connectivity index (χ4n) is 4.31. The number of rotatable bonds is 8. The van der Waals surface area contributed by atoms with Crippen LogP contribution in [0.15, 0.2) is 68.0 Å². The van der Waals surface area contributed by atoms with Crippen LogP contribution in [0, 0.1) is 0 Å². The van der Waals surface area contributed by atoms with Crippen molar-refractivity contribution in [2.75, 3.05) is 32.7 Å². The molecule has 4 rings (SSSR count). The monoisotopic (exact) mass is 583 g/mol. The summed E-state index contributed by atoms with van der Waals surface area (Å²) in [4.78, 5) is 34.5. The number of anilines is 1. The number of hydrogen-bond donors (Lipinski definition) is 0. The average Bonchev–Trinajstić information content (AvgIpc) is 3.18. The molecular weight excluding hydrogens is 554 g/mol. The number of nitrogens with zero attached hydrogens (tertiary/aromatic N) is 3. The molecule has 0 amide bonds. The molecule has 2 aromatic carbocycles. The van der Waals surface area contributed by atoms with Gasteiger partial charge in [0, 0.05) is 19.8 Å². The molecule has 1 aromatic heterocycles. The quantitative estimate of drug-likeness (QED) is 0.367. The van der Waals surface area contributed by atoms with Gasteiger partial charge in [0.2, 0.25) is 0 Å². The third-order valence-electron chi connectivity index (χ3n) is 6.09. The molecule has 2 heterocycles. The maximum Gasteiger partial charge on any atom is 0.338 e. The van der Waals surface area contributed by atoms with Crippen molar-refractivity contribution in [3.63, 3.8) is 0 Å². The molecular formula is C28H30BrN3O4S. The summed E-state index contributed by atoms with van der Waals surface area (Å²) >= 11 is 4.89. The standard InChI is InChI=1S/C28H30BrN3O4S/c1-6-8-21-24(27(34)36-7-2)25(18-11-14-22(35-5)20(29)16-18)32-26(33)23(37-28(32)30-21)15-17-9-12-19(13-10-17)31(3)4/h9-16,25H,6-8H2,1-5H3/b23-15-. The van der Waals surface area contributed by atoms with Crippen LogP contribution in [0.1, 0.15) is 43.9 Å². The van der Waals surface area contributed by atoms with E-state index in [0.29, 0.717) is 32.8 Å². The van der Waals surface area contributed by atoms with E-state index in [1.54, 1.807) is 18.6 Å². The van der Waals surface area contributed by atoms with Crippen molar-refractivity contribution in [2.24, 2.45) is 4.99 Å². The highest BCUT2D eigenvalue weighted by Crippen LogP contribution is 2.36. The lowest BCUT2D eigenvalue weighted by Gasteiger charge is -2.26. The largest absolute Gasteiger partial charge is 0.496 e. The van der Waals surface area contributed by atoms with Gasteiger partial charge in [-0.3, -0.25) is 9.36 Å². The number of carbonyl (C=O) groups is 1. The predicted octanol–water partition coefficient (Wildman–Crippen LogP) is 4.42. The molecule has 1 aliphatic heterocycles. The van der Waals surface area contributed by atoms with E-state index in [1.165, 1.54) is 11.3 Å². The Bertz CT molecular complexity index is 1520. The summed E-state index contributed by atoms with van der Waals surface area (Å²) < 4.78 is 13.8. The summed E-state index contributed by atoms with van der Waals surface area (Å²) in [5.74, 6) is 0.202. The third kappa shape index (κ3) is 5.43. The van der Waals surface area contributed by atoms with Gasteiger partial charge in [-0.05, 0) is 70.7 Å². The Kier molecular flexibility index (Phi) is 8.34. The first kappa shape index (κ1) is 26.9. The first-order valence-electron chi connectivity index (χ1n) is 12.1. The number of allylic oxidation sites excluding steroid dienone is 1. The van der Waals surface area contributed by atoms with Crippen LogP contribution >= 0.6 is 27.3 Å². The van der Waals surface area contributed by atoms with Crippen molar-refractivity contribution < 1.29 is 14.3 Å². The highest BCUT2D eigenvalue weighted by molar-refractivity contribution is 9.10. The number of halogens is 1. The van der Waals surface area contributed by atoms with Gasteiger partial charge in [-0.15, -0.1) is 0 Å². The van der Waals surface area contributed by atoms with E-state index < -0.39 is 12.0 Å². The van der Waals surface area contributed by atoms with E-state index in [-0.39, 0.29) is 12.2 Å². The number of methoxy groups -OCH3 is 1. The first-order chi connectivity index (χ1) is 17.8. The molecule has 1 aliphatic rings. The van der Waals surface area contributed by atoms with Gasteiger partial charge in [-0.2, -0.15) is 0 Å². The Hall–Kier alpha value is -3.17. The molecule has 0 radical (unpaired) electrons. The summed E-state index contributed by atoms with van der Waals surface area (Å²) in [7, 11) is 5.57. The number of benzene rings is 2. The maximum atomic E-state index is 13.8. The maximum absolute atomic E-state index is 13.8. The summed E-state index contributed by atoms with van der Waals surface area (Å²) in [6, 6.07) is 12.9. The van der Waals surface area contributed by atoms with Gasteiger partial charge in [0.25, 0.3) is 5.56 Å². The van der Waals surface area contributed by atoms with Gasteiger partial charge in [-0.25, -0.2) is 9.79 Å². The minimum Gasteiger partial charge on any atom is -0.496 e.